The van der Waals surface area contributed by atoms with Crippen LogP contribution in [-0.2, 0) is 27.2 Å². The van der Waals surface area contributed by atoms with Crippen LogP contribution in [0.15, 0.2) is 60.8 Å². The minimum atomic E-state index is -1.12. The van der Waals surface area contributed by atoms with Crippen molar-refractivity contribution in [3.05, 3.63) is 88.9 Å². The first-order valence-corrected chi connectivity index (χ1v) is 11.2. The molecule has 0 aliphatic carbocycles. The largest absolute Gasteiger partial charge is 0.480 e. The highest BCUT2D eigenvalue weighted by atomic mass is 19.1. The van der Waals surface area contributed by atoms with Crippen LogP contribution < -0.4 is 10.5 Å². The fraction of sp³-hybridized carbons (Fsp3) is 0.185. The highest BCUT2D eigenvalue weighted by Gasteiger charge is 2.29. The molecule has 2 aromatic heterocycles. The minimum absolute atomic E-state index is 0.0726. The molecule has 184 valence electrons. The van der Waals surface area contributed by atoms with Gasteiger partial charge < -0.3 is 15.2 Å². The lowest BCUT2D eigenvalue weighted by molar-refractivity contribution is -0.142. The summed E-state index contributed by atoms with van der Waals surface area (Å²) in [5, 5.41) is 4.40. The van der Waals surface area contributed by atoms with Gasteiger partial charge in [0, 0.05) is 18.1 Å². The average Bonchev–Trinajstić information content (AvgIpc) is 3.23. The summed E-state index contributed by atoms with van der Waals surface area (Å²) in [7, 11) is 1.23. The van der Waals surface area contributed by atoms with Gasteiger partial charge in [0.05, 0.1) is 24.6 Å². The molecular formula is C27H24FN3O5. The van der Waals surface area contributed by atoms with Crippen LogP contribution in [0.4, 0.5) is 4.39 Å². The minimum Gasteiger partial charge on any atom is -0.480 e. The molecule has 36 heavy (non-hydrogen) atoms. The number of ketones is 1. The third-order valence-electron chi connectivity index (χ3n) is 5.85. The number of hydrogen-bond acceptors (Lipinski definition) is 6. The number of hydrogen-bond donors (Lipinski definition) is 1. The molecule has 0 unspecified atom stereocenters. The van der Waals surface area contributed by atoms with Crippen LogP contribution in [-0.4, -0.2) is 41.0 Å². The van der Waals surface area contributed by atoms with Crippen molar-refractivity contribution in [2.45, 2.75) is 19.8 Å². The van der Waals surface area contributed by atoms with Crippen LogP contribution in [0.5, 0.6) is 5.75 Å². The lowest BCUT2D eigenvalue weighted by atomic mass is 9.97. The molecule has 4 aromatic rings. The van der Waals surface area contributed by atoms with Crippen molar-refractivity contribution in [2.75, 3.05) is 13.7 Å². The maximum atomic E-state index is 14.1. The number of nitrogens with two attached hydrogens (primary N) is 1. The molecule has 2 aromatic carbocycles. The standard InChI is InChI=1S/C27H24FN3O5/c1-3-19-23(26(33)27(29)34)25-21(36-15-22(32)35-2)12-13-30-31(25)24(19)17-10-8-16(9-11-17)14-18-6-4-5-7-20(18)28/h4-13H,3,14-15H2,1-2H3,(H2,29,34). The molecule has 0 saturated carbocycles. The maximum absolute atomic E-state index is 14.1. The van der Waals surface area contributed by atoms with Gasteiger partial charge in [-0.25, -0.2) is 13.7 Å². The highest BCUT2D eigenvalue weighted by Crippen LogP contribution is 2.36. The van der Waals surface area contributed by atoms with E-state index in [4.69, 9.17) is 10.5 Å². The number of nitrogens with zero attached hydrogens (tertiary/aromatic N) is 2. The number of rotatable bonds is 9. The molecule has 0 spiro atoms. The van der Waals surface area contributed by atoms with E-state index in [-0.39, 0.29) is 22.6 Å². The van der Waals surface area contributed by atoms with Crippen molar-refractivity contribution in [2.24, 2.45) is 5.73 Å². The van der Waals surface area contributed by atoms with Crippen molar-refractivity contribution < 1.29 is 28.2 Å². The average molecular weight is 490 g/mol. The summed E-state index contributed by atoms with van der Waals surface area (Å²) in [6.07, 6.45) is 2.27. The summed E-state index contributed by atoms with van der Waals surface area (Å²) >= 11 is 0. The maximum Gasteiger partial charge on any atom is 0.343 e. The Morgan fingerprint density at radius 3 is 2.42 bits per heavy atom. The van der Waals surface area contributed by atoms with Gasteiger partial charge in [-0.1, -0.05) is 49.4 Å². The topological polar surface area (TPSA) is 113 Å². The number of halogens is 1. The van der Waals surface area contributed by atoms with E-state index < -0.39 is 24.3 Å². The van der Waals surface area contributed by atoms with Crippen molar-refractivity contribution in [1.82, 2.24) is 9.61 Å². The van der Waals surface area contributed by atoms with Gasteiger partial charge in [0.2, 0.25) is 0 Å². The van der Waals surface area contributed by atoms with Gasteiger partial charge in [-0.05, 0) is 29.2 Å². The highest BCUT2D eigenvalue weighted by molar-refractivity contribution is 6.44. The van der Waals surface area contributed by atoms with Crippen molar-refractivity contribution in [3.63, 3.8) is 0 Å². The zero-order chi connectivity index (χ0) is 25.8. The lowest BCUT2D eigenvalue weighted by Gasteiger charge is -2.09. The molecule has 2 N–H and O–H groups in total. The number of methoxy groups -OCH3 is 1. The van der Waals surface area contributed by atoms with E-state index in [1.54, 1.807) is 18.2 Å². The van der Waals surface area contributed by atoms with Crippen LogP contribution in [0.3, 0.4) is 0 Å². The summed E-state index contributed by atoms with van der Waals surface area (Å²) in [6.45, 7) is 1.45. The van der Waals surface area contributed by atoms with Gasteiger partial charge in [0.25, 0.3) is 11.7 Å². The fourth-order valence-electron chi connectivity index (χ4n) is 4.16. The molecule has 0 atom stereocenters. The number of carbonyl (C=O) groups is 3. The first-order chi connectivity index (χ1) is 17.3. The number of aromatic nitrogens is 2. The normalized spacial score (nSPS) is 10.9. The summed E-state index contributed by atoms with van der Waals surface area (Å²) < 4.78 is 25.8. The Morgan fingerprint density at radius 1 is 1.06 bits per heavy atom. The van der Waals surface area contributed by atoms with Gasteiger partial charge in [0.1, 0.15) is 17.1 Å². The summed E-state index contributed by atoms with van der Waals surface area (Å²) in [5.74, 6) is -2.71. The second-order valence-electron chi connectivity index (χ2n) is 8.03. The zero-order valence-corrected chi connectivity index (χ0v) is 19.8. The first kappa shape index (κ1) is 24.6. The van der Waals surface area contributed by atoms with Crippen LogP contribution in [0, 0.1) is 5.82 Å². The molecular weight excluding hydrogens is 465 g/mol. The van der Waals surface area contributed by atoms with Crippen LogP contribution in [0.25, 0.3) is 16.8 Å². The molecule has 0 radical (unpaired) electrons. The molecule has 0 aliphatic rings. The SMILES string of the molecule is CCc1c(C(=O)C(N)=O)c2c(OCC(=O)OC)ccnn2c1-c1ccc(Cc2ccccc2F)cc1. The third kappa shape index (κ3) is 4.68. The Bertz CT molecular complexity index is 1460. The smallest absolute Gasteiger partial charge is 0.343 e. The van der Waals surface area contributed by atoms with E-state index in [1.165, 1.54) is 30.0 Å². The Labute approximate surface area is 206 Å². The van der Waals surface area contributed by atoms with Crippen molar-refractivity contribution in [3.8, 4) is 17.0 Å². The number of fused-ring (bicyclic) bond motifs is 1. The van der Waals surface area contributed by atoms with Gasteiger partial charge in [-0.3, -0.25) is 9.59 Å². The molecule has 0 aliphatic heterocycles. The number of esters is 1. The molecule has 8 nitrogen and oxygen atoms in total. The molecule has 2 heterocycles. The number of benzene rings is 2. The van der Waals surface area contributed by atoms with E-state index in [0.717, 1.165) is 11.1 Å². The number of Topliss-reactive ketones (excluding diaryl/α,β-unsaturated/α-hetero) is 1. The Hall–Kier alpha value is -4.53. The van der Waals surface area contributed by atoms with E-state index in [1.807, 2.05) is 31.2 Å². The number of amides is 1. The number of primary amides is 1. The Morgan fingerprint density at radius 2 is 1.78 bits per heavy atom. The van der Waals surface area contributed by atoms with Gasteiger partial charge >= 0.3 is 5.97 Å². The summed E-state index contributed by atoms with van der Waals surface area (Å²) in [4.78, 5) is 36.5. The zero-order valence-electron chi connectivity index (χ0n) is 19.8. The Kier molecular flexibility index (Phi) is 7.10. The summed E-state index contributed by atoms with van der Waals surface area (Å²) in [6, 6.07) is 15.5. The van der Waals surface area contributed by atoms with Gasteiger partial charge in [0.15, 0.2) is 6.61 Å². The van der Waals surface area contributed by atoms with Crippen molar-refractivity contribution in [1.29, 1.82) is 0 Å². The first-order valence-electron chi connectivity index (χ1n) is 11.2. The van der Waals surface area contributed by atoms with Crippen LogP contribution >= 0.6 is 0 Å². The van der Waals surface area contributed by atoms with E-state index >= 15 is 0 Å². The third-order valence-corrected chi connectivity index (χ3v) is 5.85. The number of carbonyl (C=O) groups excluding carboxylic acids is 3. The van der Waals surface area contributed by atoms with E-state index in [2.05, 4.69) is 9.84 Å². The lowest BCUT2D eigenvalue weighted by Crippen LogP contribution is -2.24. The Balaban J connectivity index is 1.85. The van der Waals surface area contributed by atoms with Gasteiger partial charge in [-0.15, -0.1) is 0 Å². The predicted octanol–water partition coefficient (Wildman–Crippen LogP) is 3.51. The molecule has 4 rings (SSSR count). The summed E-state index contributed by atoms with van der Waals surface area (Å²) in [5.41, 5.74) is 9.00. The van der Waals surface area contributed by atoms with Gasteiger partial charge in [-0.2, -0.15) is 5.10 Å². The molecule has 0 fully saturated rings. The van der Waals surface area contributed by atoms with Crippen LogP contribution in [0.2, 0.25) is 0 Å². The molecule has 0 saturated heterocycles. The second kappa shape index (κ2) is 10.4. The van der Waals surface area contributed by atoms with Crippen molar-refractivity contribution >= 4 is 23.2 Å². The predicted molar refractivity (Wildman–Crippen MR) is 130 cm³/mol. The molecule has 1 amide bonds. The molecule has 0 bridgehead atoms. The number of ether oxygens (including phenoxy) is 2. The van der Waals surface area contributed by atoms with E-state index in [9.17, 15) is 18.8 Å². The quantitative estimate of drug-likeness (QED) is 0.219. The van der Waals surface area contributed by atoms with Crippen LogP contribution in [0.1, 0.15) is 34.0 Å². The van der Waals surface area contributed by atoms with E-state index in [0.29, 0.717) is 29.7 Å². The second-order valence-corrected chi connectivity index (χ2v) is 8.03. The molecule has 9 heteroatoms. The monoisotopic (exact) mass is 489 g/mol. The fourth-order valence-corrected chi connectivity index (χ4v) is 4.16.